The van der Waals surface area contributed by atoms with Crippen molar-refractivity contribution in [2.75, 3.05) is 6.79 Å². The number of ketones is 1. The number of carbonyl (C=O) groups excluding carboxylic acids is 1. The van der Waals surface area contributed by atoms with Gasteiger partial charge in [-0.1, -0.05) is 67.3 Å². The summed E-state index contributed by atoms with van der Waals surface area (Å²) in [5.41, 5.74) is 2.77. The van der Waals surface area contributed by atoms with Crippen LogP contribution in [-0.4, -0.2) is 20.7 Å². The van der Waals surface area contributed by atoms with Crippen LogP contribution in [0.15, 0.2) is 59.8 Å². The second-order valence-corrected chi connectivity index (χ2v) is 12.8. The zero-order valence-electron chi connectivity index (χ0n) is 15.3. The lowest BCUT2D eigenvalue weighted by atomic mass is 9.91. The molecule has 0 amide bonds. The molecule has 4 rings (SSSR count). The smallest absolute Gasteiger partial charge is 0.231 e. The molecule has 3 nitrogen and oxygen atoms in total. The molecule has 26 heavy (non-hydrogen) atoms. The Balaban J connectivity index is 1.89. The zero-order valence-corrected chi connectivity index (χ0v) is 16.3. The standard InChI is InChI=1S/C22H22O3Si/c1-26(2,3)22-13-19(23)18-12-21-20(24-14-25-21)11-16(18)9-10-17(22)15-7-5-4-6-8-15/h4-13,17H,14H2,1-3H3/b10-9-,22-13+. The number of carbonyl (C=O) groups is 1. The number of hydrogen-bond acceptors (Lipinski definition) is 3. The third-order valence-electron chi connectivity index (χ3n) is 4.92. The molecular weight excluding hydrogens is 340 g/mol. The van der Waals surface area contributed by atoms with Crippen molar-refractivity contribution in [2.45, 2.75) is 25.6 Å². The van der Waals surface area contributed by atoms with Gasteiger partial charge in [0.15, 0.2) is 17.3 Å². The first-order valence-electron chi connectivity index (χ1n) is 8.87. The molecule has 0 spiro atoms. The van der Waals surface area contributed by atoms with Crippen molar-refractivity contribution in [2.24, 2.45) is 0 Å². The summed E-state index contributed by atoms with van der Waals surface area (Å²) >= 11 is 0. The third kappa shape index (κ3) is 3.01. The second-order valence-electron chi connectivity index (χ2n) is 7.75. The number of fused-ring (bicyclic) bond motifs is 2. The molecule has 1 unspecified atom stereocenters. The summed E-state index contributed by atoms with van der Waals surface area (Å²) in [6.07, 6.45) is 6.14. The molecule has 1 aliphatic heterocycles. The Hall–Kier alpha value is -2.59. The fourth-order valence-electron chi connectivity index (χ4n) is 3.56. The predicted molar refractivity (Wildman–Crippen MR) is 107 cm³/mol. The van der Waals surface area contributed by atoms with Crippen molar-refractivity contribution < 1.29 is 14.3 Å². The Kier molecular flexibility index (Phi) is 4.08. The molecule has 0 N–H and O–H groups in total. The SMILES string of the molecule is C[Si](C)(C)/C1=C/C(=O)c2cc3c(cc2/C=C\C1c1ccccc1)OCO3. The van der Waals surface area contributed by atoms with Crippen LogP contribution in [0.25, 0.3) is 6.08 Å². The summed E-state index contributed by atoms with van der Waals surface area (Å²) in [6, 6.07) is 14.1. The van der Waals surface area contributed by atoms with E-state index in [-0.39, 0.29) is 18.5 Å². The summed E-state index contributed by atoms with van der Waals surface area (Å²) in [5, 5.41) is 1.24. The largest absolute Gasteiger partial charge is 0.454 e. The Bertz CT molecular complexity index is 920. The van der Waals surface area contributed by atoms with Crippen LogP contribution in [-0.2, 0) is 0 Å². The van der Waals surface area contributed by atoms with Crippen molar-refractivity contribution in [1.29, 1.82) is 0 Å². The average Bonchev–Trinajstić information content (AvgIpc) is 3.06. The topological polar surface area (TPSA) is 35.5 Å². The Morgan fingerprint density at radius 3 is 2.38 bits per heavy atom. The van der Waals surface area contributed by atoms with E-state index in [0.29, 0.717) is 17.1 Å². The maximum atomic E-state index is 13.1. The van der Waals surface area contributed by atoms with E-state index in [9.17, 15) is 4.79 Å². The van der Waals surface area contributed by atoms with Crippen LogP contribution in [0.2, 0.25) is 19.6 Å². The summed E-state index contributed by atoms with van der Waals surface area (Å²) in [6.45, 7) is 7.08. The lowest BCUT2D eigenvalue weighted by molar-refractivity contribution is 0.104. The molecule has 0 bridgehead atoms. The van der Waals surface area contributed by atoms with Crippen LogP contribution >= 0.6 is 0 Å². The van der Waals surface area contributed by atoms with Gasteiger partial charge < -0.3 is 9.47 Å². The van der Waals surface area contributed by atoms with Crippen molar-refractivity contribution in [3.8, 4) is 11.5 Å². The van der Waals surface area contributed by atoms with Gasteiger partial charge in [-0.3, -0.25) is 4.79 Å². The van der Waals surface area contributed by atoms with E-state index in [1.54, 1.807) is 0 Å². The number of hydrogen-bond donors (Lipinski definition) is 0. The van der Waals surface area contributed by atoms with Gasteiger partial charge in [0.25, 0.3) is 0 Å². The fraction of sp³-hybridized carbons (Fsp3) is 0.227. The Labute approximate surface area is 155 Å². The van der Waals surface area contributed by atoms with Crippen LogP contribution in [0.4, 0.5) is 0 Å². The van der Waals surface area contributed by atoms with Gasteiger partial charge in [-0.05, 0) is 29.3 Å². The van der Waals surface area contributed by atoms with Gasteiger partial charge in [0.2, 0.25) is 6.79 Å². The van der Waals surface area contributed by atoms with E-state index in [2.05, 4.69) is 56.1 Å². The van der Waals surface area contributed by atoms with Crippen LogP contribution < -0.4 is 9.47 Å². The first-order valence-corrected chi connectivity index (χ1v) is 12.4. The van der Waals surface area contributed by atoms with E-state index >= 15 is 0 Å². The molecule has 0 saturated carbocycles. The van der Waals surface area contributed by atoms with Gasteiger partial charge in [0, 0.05) is 11.5 Å². The van der Waals surface area contributed by atoms with Gasteiger partial charge in [-0.25, -0.2) is 0 Å². The third-order valence-corrected chi connectivity index (χ3v) is 7.11. The minimum Gasteiger partial charge on any atom is -0.454 e. The molecule has 4 heteroatoms. The molecule has 2 aromatic rings. The van der Waals surface area contributed by atoms with Crippen LogP contribution in [0.5, 0.6) is 11.5 Å². The number of allylic oxidation sites excluding steroid dienone is 3. The van der Waals surface area contributed by atoms with Crippen molar-refractivity contribution in [3.05, 3.63) is 76.5 Å². The van der Waals surface area contributed by atoms with E-state index in [1.807, 2.05) is 24.3 Å². The van der Waals surface area contributed by atoms with E-state index in [1.165, 1.54) is 10.8 Å². The first-order chi connectivity index (χ1) is 12.4. The normalized spacial score (nSPS) is 22.0. The molecular formula is C22H22O3Si. The van der Waals surface area contributed by atoms with Crippen molar-refractivity contribution in [1.82, 2.24) is 0 Å². The zero-order chi connectivity index (χ0) is 18.3. The van der Waals surface area contributed by atoms with Gasteiger partial charge in [-0.15, -0.1) is 0 Å². The summed E-state index contributed by atoms with van der Waals surface area (Å²) < 4.78 is 10.9. The maximum absolute atomic E-state index is 13.1. The van der Waals surface area contributed by atoms with E-state index in [4.69, 9.17) is 9.47 Å². The van der Waals surface area contributed by atoms with Crippen molar-refractivity contribution >= 4 is 19.9 Å². The Morgan fingerprint density at radius 1 is 1.00 bits per heavy atom. The molecule has 0 fully saturated rings. The minimum atomic E-state index is -1.71. The number of rotatable bonds is 2. The molecule has 2 aliphatic rings. The van der Waals surface area contributed by atoms with Gasteiger partial charge in [0.1, 0.15) is 0 Å². The highest BCUT2D eigenvalue weighted by Crippen LogP contribution is 2.39. The highest BCUT2D eigenvalue weighted by Gasteiger charge is 2.30. The molecule has 1 aliphatic carbocycles. The summed E-state index contributed by atoms with van der Waals surface area (Å²) in [7, 11) is -1.71. The molecule has 1 heterocycles. The van der Waals surface area contributed by atoms with Crippen LogP contribution in [0, 0.1) is 0 Å². The van der Waals surface area contributed by atoms with Gasteiger partial charge in [0.05, 0.1) is 8.07 Å². The fourth-order valence-corrected chi connectivity index (χ4v) is 5.32. The highest BCUT2D eigenvalue weighted by atomic mass is 28.3. The predicted octanol–water partition coefficient (Wildman–Crippen LogP) is 5.21. The van der Waals surface area contributed by atoms with Crippen molar-refractivity contribution in [3.63, 3.8) is 0 Å². The van der Waals surface area contributed by atoms with Gasteiger partial charge >= 0.3 is 0 Å². The van der Waals surface area contributed by atoms with E-state index in [0.717, 1.165) is 5.56 Å². The second kappa shape index (κ2) is 6.29. The summed E-state index contributed by atoms with van der Waals surface area (Å²) in [4.78, 5) is 13.1. The highest BCUT2D eigenvalue weighted by molar-refractivity contribution is 6.83. The maximum Gasteiger partial charge on any atom is 0.231 e. The minimum absolute atomic E-state index is 0.0426. The average molecular weight is 363 g/mol. The molecule has 2 aromatic carbocycles. The Morgan fingerprint density at radius 2 is 1.69 bits per heavy atom. The first kappa shape index (κ1) is 16.9. The molecule has 0 radical (unpaired) electrons. The number of benzene rings is 2. The quantitative estimate of drug-likeness (QED) is 0.688. The van der Waals surface area contributed by atoms with Gasteiger partial charge in [-0.2, -0.15) is 0 Å². The molecule has 0 saturated heterocycles. The molecule has 1 atom stereocenters. The lowest BCUT2D eigenvalue weighted by Gasteiger charge is -2.29. The van der Waals surface area contributed by atoms with Crippen LogP contribution in [0.3, 0.4) is 0 Å². The molecule has 132 valence electrons. The monoisotopic (exact) mass is 362 g/mol. The lowest BCUT2D eigenvalue weighted by Crippen LogP contribution is -2.29. The summed E-state index contributed by atoms with van der Waals surface area (Å²) in [5.74, 6) is 1.51. The molecule has 0 aromatic heterocycles. The van der Waals surface area contributed by atoms with E-state index < -0.39 is 8.07 Å². The van der Waals surface area contributed by atoms with Crippen LogP contribution in [0.1, 0.15) is 27.4 Å². The number of ether oxygens (including phenoxy) is 2.